The molecule has 1 aliphatic rings. The molecule has 2 aromatic carbocycles. The van der Waals surface area contributed by atoms with Gasteiger partial charge in [-0.25, -0.2) is 4.98 Å². The molecule has 0 radical (unpaired) electrons. The first kappa shape index (κ1) is 22.0. The van der Waals surface area contributed by atoms with Gasteiger partial charge in [-0.1, -0.05) is 45.8 Å². The Morgan fingerprint density at radius 3 is 2.58 bits per heavy atom. The predicted molar refractivity (Wildman–Crippen MR) is 134 cm³/mol. The van der Waals surface area contributed by atoms with E-state index in [9.17, 15) is 4.79 Å². The molecular weight excluding hydrogens is 498 g/mol. The minimum Gasteiger partial charge on any atom is -0.365 e. The zero-order valence-electron chi connectivity index (χ0n) is 17.4. The zero-order chi connectivity index (χ0) is 22.0. The second kappa shape index (κ2) is 9.54. The van der Waals surface area contributed by atoms with Crippen LogP contribution in [0.25, 0.3) is 10.2 Å². The van der Waals surface area contributed by atoms with E-state index >= 15 is 0 Å². The first-order valence-electron chi connectivity index (χ1n) is 10.1. The van der Waals surface area contributed by atoms with Crippen molar-refractivity contribution in [3.8, 4) is 0 Å². The van der Waals surface area contributed by atoms with Gasteiger partial charge in [-0.3, -0.25) is 10.2 Å². The van der Waals surface area contributed by atoms with Gasteiger partial charge in [0.05, 0.1) is 15.4 Å². The minimum atomic E-state index is 0.0563. The molecule has 2 heterocycles. The van der Waals surface area contributed by atoms with E-state index in [0.717, 1.165) is 37.6 Å². The maximum Gasteiger partial charge on any atom is 0.253 e. The van der Waals surface area contributed by atoms with Gasteiger partial charge >= 0.3 is 0 Å². The summed E-state index contributed by atoms with van der Waals surface area (Å²) in [5, 5.41) is 5.77. The summed E-state index contributed by atoms with van der Waals surface area (Å²) in [4.78, 5) is 21.7. The van der Waals surface area contributed by atoms with E-state index in [4.69, 9.17) is 16.6 Å². The summed E-state index contributed by atoms with van der Waals surface area (Å²) < 4.78 is 2.02. The summed E-state index contributed by atoms with van der Waals surface area (Å²) >= 11 is 11.6. The van der Waals surface area contributed by atoms with Gasteiger partial charge in [-0.2, -0.15) is 5.10 Å². The van der Waals surface area contributed by atoms with Gasteiger partial charge in [0.15, 0.2) is 0 Å². The fraction of sp³-hybridized carbons (Fsp3) is 0.318. The number of hydrogen-bond donors (Lipinski definition) is 1. The molecule has 9 heteroatoms. The summed E-state index contributed by atoms with van der Waals surface area (Å²) in [7, 11) is 0. The average molecular weight is 521 g/mol. The number of aromatic nitrogens is 1. The normalized spacial score (nSPS) is 14.9. The standard InChI is InChI=1S/C22H23BrClN5OS/c1-3-14(2)26-27-22-25-19-18(31-22)9-8-17(24)20(19)28-10-12-29(13-11-28)21(30)15-4-6-16(23)7-5-15/h4-9H,3,10-13H2,1-2H3,(H,25,27)/b26-14+. The second-order valence-corrected chi connectivity index (χ2v) is 9.71. The van der Waals surface area contributed by atoms with Gasteiger partial charge in [0, 0.05) is 41.9 Å². The van der Waals surface area contributed by atoms with Crippen molar-refractivity contribution in [3.63, 3.8) is 0 Å². The van der Waals surface area contributed by atoms with E-state index in [1.807, 2.05) is 48.2 Å². The number of piperazine rings is 1. The Bertz CT molecular complexity index is 1120. The third-order valence-corrected chi connectivity index (χ3v) is 7.07. The Balaban J connectivity index is 1.51. The Kier molecular flexibility index (Phi) is 6.79. The molecule has 3 aromatic rings. The summed E-state index contributed by atoms with van der Waals surface area (Å²) in [5.41, 5.74) is 6.58. The summed E-state index contributed by atoms with van der Waals surface area (Å²) in [6.07, 6.45) is 0.887. The quantitative estimate of drug-likeness (QED) is 0.337. The first-order valence-corrected chi connectivity index (χ1v) is 12.1. The predicted octanol–water partition coefficient (Wildman–Crippen LogP) is 5.87. The lowest BCUT2D eigenvalue weighted by atomic mass is 10.1. The molecule has 162 valence electrons. The Hall–Kier alpha value is -2.16. The van der Waals surface area contributed by atoms with E-state index in [1.165, 1.54) is 0 Å². The van der Waals surface area contributed by atoms with Crippen molar-refractivity contribution < 1.29 is 4.79 Å². The lowest BCUT2D eigenvalue weighted by Gasteiger charge is -2.36. The first-order chi connectivity index (χ1) is 15.0. The Morgan fingerprint density at radius 2 is 1.90 bits per heavy atom. The van der Waals surface area contributed by atoms with Crippen LogP contribution >= 0.6 is 38.9 Å². The van der Waals surface area contributed by atoms with Crippen LogP contribution in [-0.4, -0.2) is 47.7 Å². The van der Waals surface area contributed by atoms with Crippen molar-refractivity contribution in [2.45, 2.75) is 20.3 Å². The summed E-state index contributed by atoms with van der Waals surface area (Å²) in [6, 6.07) is 11.4. The number of anilines is 2. The molecule has 0 unspecified atom stereocenters. The fourth-order valence-electron chi connectivity index (χ4n) is 3.43. The minimum absolute atomic E-state index is 0.0563. The molecule has 1 amide bonds. The number of nitrogens with one attached hydrogen (secondary N) is 1. The molecule has 0 aliphatic carbocycles. The SMILES string of the molecule is CC/C(C)=N/Nc1nc2c(N3CCN(C(=O)c4ccc(Br)cc4)CC3)c(Cl)ccc2s1. The number of hydrazone groups is 1. The number of carbonyl (C=O) groups is 1. The molecule has 6 nitrogen and oxygen atoms in total. The van der Waals surface area contributed by atoms with Gasteiger partial charge in [0.2, 0.25) is 5.13 Å². The Morgan fingerprint density at radius 1 is 1.19 bits per heavy atom. The molecule has 31 heavy (non-hydrogen) atoms. The molecule has 0 bridgehead atoms. The van der Waals surface area contributed by atoms with E-state index in [1.54, 1.807) is 11.3 Å². The lowest BCUT2D eigenvalue weighted by Crippen LogP contribution is -2.49. The van der Waals surface area contributed by atoms with Gasteiger partial charge in [0.25, 0.3) is 5.91 Å². The number of amides is 1. The van der Waals surface area contributed by atoms with Gasteiger partial charge < -0.3 is 9.80 Å². The number of nitrogens with zero attached hydrogens (tertiary/aromatic N) is 4. The number of halogens is 2. The molecule has 1 aliphatic heterocycles. The fourth-order valence-corrected chi connectivity index (χ4v) is 4.78. The van der Waals surface area contributed by atoms with E-state index in [0.29, 0.717) is 36.8 Å². The van der Waals surface area contributed by atoms with Crippen LogP contribution in [0.4, 0.5) is 10.8 Å². The summed E-state index contributed by atoms with van der Waals surface area (Å²) in [6.45, 7) is 6.73. The van der Waals surface area contributed by atoms with Crippen molar-refractivity contribution in [2.24, 2.45) is 5.10 Å². The summed E-state index contributed by atoms with van der Waals surface area (Å²) in [5.74, 6) is 0.0563. The average Bonchev–Trinajstić information content (AvgIpc) is 3.20. The van der Waals surface area contributed by atoms with Crippen LogP contribution in [0.5, 0.6) is 0 Å². The number of hydrogen-bond acceptors (Lipinski definition) is 6. The van der Waals surface area contributed by atoms with Crippen molar-refractivity contribution >= 4 is 71.5 Å². The second-order valence-electron chi connectivity index (χ2n) is 7.36. The molecule has 1 fully saturated rings. The van der Waals surface area contributed by atoms with Crippen molar-refractivity contribution in [3.05, 3.63) is 51.5 Å². The maximum atomic E-state index is 12.8. The smallest absolute Gasteiger partial charge is 0.253 e. The highest BCUT2D eigenvalue weighted by Gasteiger charge is 2.25. The maximum absolute atomic E-state index is 12.8. The molecule has 0 spiro atoms. The van der Waals surface area contributed by atoms with Crippen molar-refractivity contribution in [1.29, 1.82) is 0 Å². The van der Waals surface area contributed by atoms with Crippen molar-refractivity contribution in [2.75, 3.05) is 36.5 Å². The number of benzene rings is 2. The van der Waals surface area contributed by atoms with E-state index in [2.05, 4.69) is 38.3 Å². The highest BCUT2D eigenvalue weighted by molar-refractivity contribution is 9.10. The molecule has 0 saturated carbocycles. The van der Waals surface area contributed by atoms with Crippen LogP contribution in [-0.2, 0) is 0 Å². The Labute approximate surface area is 199 Å². The number of rotatable bonds is 5. The number of fused-ring (bicyclic) bond motifs is 1. The molecule has 1 saturated heterocycles. The van der Waals surface area contributed by atoms with Crippen LogP contribution in [0.3, 0.4) is 0 Å². The molecule has 0 atom stereocenters. The highest BCUT2D eigenvalue weighted by Crippen LogP contribution is 2.38. The highest BCUT2D eigenvalue weighted by atomic mass is 79.9. The third-order valence-electron chi connectivity index (χ3n) is 5.31. The lowest BCUT2D eigenvalue weighted by molar-refractivity contribution is 0.0747. The molecule has 1 N–H and O–H groups in total. The van der Waals surface area contributed by atoms with Gasteiger partial charge in [-0.15, -0.1) is 0 Å². The van der Waals surface area contributed by atoms with Crippen LogP contribution in [0, 0.1) is 0 Å². The van der Waals surface area contributed by atoms with Crippen LogP contribution in [0.1, 0.15) is 30.6 Å². The molecule has 4 rings (SSSR count). The van der Waals surface area contributed by atoms with E-state index < -0.39 is 0 Å². The zero-order valence-corrected chi connectivity index (χ0v) is 20.5. The van der Waals surface area contributed by atoms with E-state index in [-0.39, 0.29) is 5.91 Å². The van der Waals surface area contributed by atoms with Crippen LogP contribution in [0.15, 0.2) is 46.0 Å². The van der Waals surface area contributed by atoms with Gasteiger partial charge in [-0.05, 0) is 49.7 Å². The van der Waals surface area contributed by atoms with Gasteiger partial charge in [0.1, 0.15) is 5.52 Å². The largest absolute Gasteiger partial charge is 0.365 e. The van der Waals surface area contributed by atoms with Crippen LogP contribution in [0.2, 0.25) is 5.02 Å². The number of thiazole rings is 1. The third kappa shape index (κ3) is 4.86. The van der Waals surface area contributed by atoms with Crippen LogP contribution < -0.4 is 10.3 Å². The van der Waals surface area contributed by atoms with Crippen molar-refractivity contribution in [1.82, 2.24) is 9.88 Å². The molecule has 1 aromatic heterocycles. The molecular formula is C22H23BrClN5OS. The monoisotopic (exact) mass is 519 g/mol. The number of carbonyl (C=O) groups excluding carboxylic acids is 1. The topological polar surface area (TPSA) is 60.8 Å².